The molecule has 3 N–H and O–H groups in total. The molecule has 7 nitrogen and oxygen atoms in total. The molecule has 0 aromatic heterocycles. The molecule has 0 atom stereocenters. The van der Waals surface area contributed by atoms with Crippen molar-refractivity contribution in [3.63, 3.8) is 0 Å². The fraction of sp³-hybridized carbons (Fsp3) is 0.391. The van der Waals surface area contributed by atoms with E-state index in [4.69, 9.17) is 11.6 Å². The number of rotatable bonds is 4. The number of aromatic hydroxyl groups is 1. The maximum atomic E-state index is 12.8. The number of carbonyl (C=O) groups excluding carboxylic acids is 2. The summed E-state index contributed by atoms with van der Waals surface area (Å²) in [6, 6.07) is 12.3. The molecule has 31 heavy (non-hydrogen) atoms. The van der Waals surface area contributed by atoms with Gasteiger partial charge >= 0.3 is 6.03 Å². The van der Waals surface area contributed by atoms with E-state index < -0.39 is 0 Å². The third-order valence-corrected chi connectivity index (χ3v) is 6.20. The Morgan fingerprint density at radius 2 is 1.65 bits per heavy atom. The lowest BCUT2D eigenvalue weighted by Crippen LogP contribution is -2.43. The Morgan fingerprint density at radius 1 is 0.935 bits per heavy atom. The van der Waals surface area contributed by atoms with Crippen LogP contribution in [-0.4, -0.2) is 48.1 Å². The van der Waals surface area contributed by atoms with E-state index in [9.17, 15) is 14.7 Å². The number of anilines is 3. The number of amides is 3. The zero-order chi connectivity index (χ0) is 21.8. The van der Waals surface area contributed by atoms with Crippen LogP contribution in [0.15, 0.2) is 42.5 Å². The number of para-hydroxylation sites is 2. The molecule has 0 aliphatic carbocycles. The predicted octanol–water partition coefficient (Wildman–Crippen LogP) is 4.53. The first-order chi connectivity index (χ1) is 15.0. The lowest BCUT2D eigenvalue weighted by atomic mass is 9.96. The van der Waals surface area contributed by atoms with Crippen LogP contribution in [0.25, 0.3) is 0 Å². The molecule has 2 aromatic rings. The summed E-state index contributed by atoms with van der Waals surface area (Å²) in [7, 11) is 0. The van der Waals surface area contributed by atoms with E-state index >= 15 is 0 Å². The Balaban J connectivity index is 1.32. The summed E-state index contributed by atoms with van der Waals surface area (Å²) in [6.07, 6.45) is 3.47. The number of hydrogen-bond acceptors (Lipinski definition) is 4. The number of nitrogens with one attached hydrogen (secondary N) is 2. The highest BCUT2D eigenvalue weighted by molar-refractivity contribution is 6.31. The van der Waals surface area contributed by atoms with E-state index in [1.807, 2.05) is 24.3 Å². The van der Waals surface area contributed by atoms with Gasteiger partial charge in [-0.25, -0.2) is 4.79 Å². The molecule has 4 rings (SSSR count). The van der Waals surface area contributed by atoms with Crippen LogP contribution in [0.3, 0.4) is 0 Å². The van der Waals surface area contributed by atoms with Crippen LogP contribution in [0, 0.1) is 5.92 Å². The molecule has 0 bridgehead atoms. The van der Waals surface area contributed by atoms with Crippen LogP contribution in [0.5, 0.6) is 5.75 Å². The summed E-state index contributed by atoms with van der Waals surface area (Å²) >= 11 is 5.94. The number of carbonyl (C=O) groups is 2. The first-order valence-electron chi connectivity index (χ1n) is 10.7. The van der Waals surface area contributed by atoms with Gasteiger partial charge in [-0.3, -0.25) is 4.79 Å². The number of phenolic OH excluding ortho intramolecular Hbond substituents is 1. The van der Waals surface area contributed by atoms with Gasteiger partial charge in [0.1, 0.15) is 5.75 Å². The Morgan fingerprint density at radius 3 is 2.39 bits per heavy atom. The fourth-order valence-electron chi connectivity index (χ4n) is 4.20. The zero-order valence-corrected chi connectivity index (χ0v) is 18.1. The Hall–Kier alpha value is -2.93. The van der Waals surface area contributed by atoms with Gasteiger partial charge in [-0.05, 0) is 56.0 Å². The topological polar surface area (TPSA) is 84.9 Å². The minimum atomic E-state index is -0.223. The molecule has 2 heterocycles. The van der Waals surface area contributed by atoms with E-state index in [-0.39, 0.29) is 23.6 Å². The predicted molar refractivity (Wildman–Crippen MR) is 123 cm³/mol. The van der Waals surface area contributed by atoms with E-state index in [0.717, 1.165) is 24.5 Å². The molecule has 0 unspecified atom stereocenters. The van der Waals surface area contributed by atoms with Gasteiger partial charge in [-0.2, -0.15) is 0 Å². The molecule has 3 amide bonds. The van der Waals surface area contributed by atoms with Crippen molar-refractivity contribution in [1.82, 2.24) is 4.90 Å². The van der Waals surface area contributed by atoms with Crippen molar-refractivity contribution in [2.45, 2.75) is 25.7 Å². The van der Waals surface area contributed by atoms with Crippen LogP contribution < -0.4 is 15.5 Å². The summed E-state index contributed by atoms with van der Waals surface area (Å²) in [4.78, 5) is 29.5. The molecule has 2 aliphatic heterocycles. The highest BCUT2D eigenvalue weighted by Gasteiger charge is 2.28. The van der Waals surface area contributed by atoms with Gasteiger partial charge in [0.25, 0.3) is 0 Å². The normalized spacial score (nSPS) is 16.9. The third kappa shape index (κ3) is 5.05. The van der Waals surface area contributed by atoms with Crippen molar-refractivity contribution >= 4 is 40.6 Å². The molecule has 2 saturated heterocycles. The van der Waals surface area contributed by atoms with Gasteiger partial charge in [-0.1, -0.05) is 23.7 Å². The maximum Gasteiger partial charge on any atom is 0.321 e. The highest BCUT2D eigenvalue weighted by Crippen LogP contribution is 2.30. The molecule has 164 valence electrons. The van der Waals surface area contributed by atoms with Crippen molar-refractivity contribution in [2.24, 2.45) is 5.92 Å². The van der Waals surface area contributed by atoms with E-state index in [1.165, 1.54) is 25.0 Å². The number of piperidine rings is 1. The first kappa shape index (κ1) is 21.3. The third-order valence-electron chi connectivity index (χ3n) is 5.96. The SMILES string of the molecule is O=C(Nc1cc(Cl)ccc1O)C1CCN(C(=O)Nc2ccccc2N2CCCC2)CC1. The Kier molecular flexibility index (Phi) is 6.51. The van der Waals surface area contributed by atoms with Crippen molar-refractivity contribution < 1.29 is 14.7 Å². The number of urea groups is 1. The summed E-state index contributed by atoms with van der Waals surface area (Å²) in [5.74, 6) is -0.414. The molecule has 0 radical (unpaired) electrons. The number of benzene rings is 2. The smallest absolute Gasteiger partial charge is 0.321 e. The van der Waals surface area contributed by atoms with E-state index in [1.54, 1.807) is 11.0 Å². The monoisotopic (exact) mass is 442 g/mol. The minimum absolute atomic E-state index is 0.0220. The van der Waals surface area contributed by atoms with Gasteiger partial charge in [0.15, 0.2) is 0 Å². The van der Waals surface area contributed by atoms with Crippen molar-refractivity contribution in [1.29, 1.82) is 0 Å². The van der Waals surface area contributed by atoms with Gasteiger partial charge in [0.05, 0.1) is 17.1 Å². The second-order valence-electron chi connectivity index (χ2n) is 8.05. The van der Waals surface area contributed by atoms with Crippen LogP contribution in [0.2, 0.25) is 5.02 Å². The van der Waals surface area contributed by atoms with Crippen molar-refractivity contribution in [3.05, 3.63) is 47.5 Å². The van der Waals surface area contributed by atoms with E-state index in [0.29, 0.717) is 36.6 Å². The minimum Gasteiger partial charge on any atom is -0.506 e. The quantitative estimate of drug-likeness (QED) is 0.607. The first-order valence-corrected chi connectivity index (χ1v) is 11.1. The van der Waals surface area contributed by atoms with Crippen molar-refractivity contribution in [2.75, 3.05) is 41.7 Å². The maximum absolute atomic E-state index is 12.8. The van der Waals surface area contributed by atoms with Gasteiger partial charge < -0.3 is 25.5 Å². The lowest BCUT2D eigenvalue weighted by molar-refractivity contribution is -0.121. The summed E-state index contributed by atoms with van der Waals surface area (Å²) < 4.78 is 0. The average Bonchev–Trinajstić information content (AvgIpc) is 3.31. The number of nitrogens with zero attached hydrogens (tertiary/aromatic N) is 2. The average molecular weight is 443 g/mol. The molecule has 2 fully saturated rings. The largest absolute Gasteiger partial charge is 0.506 e. The number of phenols is 1. The van der Waals surface area contributed by atoms with Gasteiger partial charge in [0, 0.05) is 37.1 Å². The number of hydrogen-bond donors (Lipinski definition) is 3. The molecule has 2 aromatic carbocycles. The molecule has 8 heteroatoms. The Labute approximate surface area is 187 Å². The van der Waals surface area contributed by atoms with Gasteiger partial charge in [-0.15, -0.1) is 0 Å². The Bertz CT molecular complexity index is 954. The number of halogens is 1. The van der Waals surface area contributed by atoms with Crippen LogP contribution >= 0.6 is 11.6 Å². The fourth-order valence-corrected chi connectivity index (χ4v) is 4.37. The standard InChI is InChI=1S/C23H27ClN4O3/c24-17-7-8-21(29)19(15-17)25-22(30)16-9-13-28(14-10-16)23(31)26-18-5-1-2-6-20(18)27-11-3-4-12-27/h1-2,5-8,15-16,29H,3-4,9-14H2,(H,25,30)(H,26,31). The van der Waals surface area contributed by atoms with Crippen LogP contribution in [0.4, 0.5) is 21.9 Å². The summed E-state index contributed by atoms with van der Waals surface area (Å²) in [6.45, 7) is 3.01. The molecule has 2 aliphatic rings. The summed E-state index contributed by atoms with van der Waals surface area (Å²) in [5, 5.41) is 16.1. The highest BCUT2D eigenvalue weighted by atomic mass is 35.5. The molecule has 0 spiro atoms. The second kappa shape index (κ2) is 9.47. The lowest BCUT2D eigenvalue weighted by Gasteiger charge is -2.32. The van der Waals surface area contributed by atoms with Crippen LogP contribution in [-0.2, 0) is 4.79 Å². The summed E-state index contributed by atoms with van der Waals surface area (Å²) in [5.41, 5.74) is 2.19. The molecular formula is C23H27ClN4O3. The zero-order valence-electron chi connectivity index (χ0n) is 17.3. The molecular weight excluding hydrogens is 416 g/mol. The second-order valence-corrected chi connectivity index (χ2v) is 8.49. The van der Waals surface area contributed by atoms with Crippen molar-refractivity contribution in [3.8, 4) is 5.75 Å². The molecule has 0 saturated carbocycles. The van der Waals surface area contributed by atoms with Gasteiger partial charge in [0.2, 0.25) is 5.91 Å². The van der Waals surface area contributed by atoms with E-state index in [2.05, 4.69) is 15.5 Å². The number of likely N-dealkylation sites (tertiary alicyclic amines) is 1. The van der Waals surface area contributed by atoms with Crippen LogP contribution in [0.1, 0.15) is 25.7 Å².